The predicted molar refractivity (Wildman–Crippen MR) is 81.5 cm³/mol. The molecule has 1 atom stereocenters. The van der Waals surface area contributed by atoms with E-state index in [-0.39, 0.29) is 6.04 Å². The number of rotatable bonds is 8. The molecule has 1 unspecified atom stereocenters. The number of hydrogen-bond donors (Lipinski definition) is 1. The summed E-state index contributed by atoms with van der Waals surface area (Å²) in [6, 6.07) is 8.58. The minimum absolute atomic E-state index is 0.287. The lowest BCUT2D eigenvalue weighted by atomic mass is 10.0. The first-order chi connectivity index (χ1) is 9.08. The molecule has 0 spiro atoms. The van der Waals surface area contributed by atoms with Crippen LogP contribution in [-0.4, -0.2) is 31.6 Å². The molecule has 0 fully saturated rings. The van der Waals surface area contributed by atoms with Crippen molar-refractivity contribution in [2.24, 2.45) is 11.7 Å². The van der Waals surface area contributed by atoms with Gasteiger partial charge in [-0.25, -0.2) is 0 Å². The normalized spacial score (nSPS) is 13.0. The second kappa shape index (κ2) is 8.18. The Morgan fingerprint density at radius 3 is 2.32 bits per heavy atom. The average molecular weight is 264 g/mol. The third kappa shape index (κ3) is 5.21. The van der Waals surface area contributed by atoms with Gasteiger partial charge < -0.3 is 10.5 Å². The highest BCUT2D eigenvalue weighted by molar-refractivity contribution is 5.29. The van der Waals surface area contributed by atoms with Gasteiger partial charge in [-0.1, -0.05) is 26.0 Å². The molecule has 1 aromatic carbocycles. The van der Waals surface area contributed by atoms with Crippen LogP contribution in [0.15, 0.2) is 24.3 Å². The van der Waals surface area contributed by atoms with Crippen molar-refractivity contribution in [3.8, 4) is 5.75 Å². The van der Waals surface area contributed by atoms with E-state index in [1.54, 1.807) is 0 Å². The molecule has 0 saturated carbocycles. The molecule has 0 aliphatic rings. The van der Waals surface area contributed by atoms with Crippen LogP contribution in [-0.2, 0) is 0 Å². The molecule has 0 amide bonds. The average Bonchev–Trinajstić information content (AvgIpc) is 2.39. The molecular formula is C16H28N2O. The number of benzene rings is 1. The van der Waals surface area contributed by atoms with Gasteiger partial charge in [-0.05, 0) is 50.6 Å². The lowest BCUT2D eigenvalue weighted by Gasteiger charge is -2.28. The molecular weight excluding hydrogens is 236 g/mol. The van der Waals surface area contributed by atoms with Gasteiger partial charge in [0.1, 0.15) is 5.75 Å². The second-order valence-electron chi connectivity index (χ2n) is 5.42. The van der Waals surface area contributed by atoms with E-state index in [2.05, 4.69) is 37.9 Å². The van der Waals surface area contributed by atoms with Crippen LogP contribution in [0.3, 0.4) is 0 Å². The zero-order valence-electron chi connectivity index (χ0n) is 12.7. The van der Waals surface area contributed by atoms with Crippen molar-refractivity contribution in [1.82, 2.24) is 4.90 Å². The molecule has 1 rings (SSSR count). The SMILES string of the molecule is CCOc1ccc(C(CN)N(C)CCC(C)C)cc1. The smallest absolute Gasteiger partial charge is 0.119 e. The lowest BCUT2D eigenvalue weighted by molar-refractivity contribution is 0.236. The van der Waals surface area contributed by atoms with Crippen LogP contribution >= 0.6 is 0 Å². The summed E-state index contributed by atoms with van der Waals surface area (Å²) < 4.78 is 5.47. The van der Waals surface area contributed by atoms with Crippen LogP contribution in [0.2, 0.25) is 0 Å². The van der Waals surface area contributed by atoms with E-state index in [4.69, 9.17) is 10.5 Å². The van der Waals surface area contributed by atoms with Gasteiger partial charge in [-0.15, -0.1) is 0 Å². The Hall–Kier alpha value is -1.06. The first-order valence-corrected chi connectivity index (χ1v) is 7.21. The van der Waals surface area contributed by atoms with Crippen LogP contribution in [0.5, 0.6) is 5.75 Å². The summed E-state index contributed by atoms with van der Waals surface area (Å²) in [6.45, 7) is 8.92. The summed E-state index contributed by atoms with van der Waals surface area (Å²) in [4.78, 5) is 2.34. The molecule has 0 saturated heterocycles. The minimum Gasteiger partial charge on any atom is -0.494 e. The Kier molecular flexibility index (Phi) is 6.89. The maximum absolute atomic E-state index is 5.94. The molecule has 108 valence electrons. The Morgan fingerprint density at radius 2 is 1.84 bits per heavy atom. The number of nitrogens with zero attached hydrogens (tertiary/aromatic N) is 1. The summed E-state index contributed by atoms with van der Waals surface area (Å²) in [5.74, 6) is 1.65. The number of likely N-dealkylation sites (N-methyl/N-ethyl adjacent to an activating group) is 1. The van der Waals surface area contributed by atoms with E-state index in [9.17, 15) is 0 Å². The third-order valence-electron chi connectivity index (χ3n) is 3.39. The minimum atomic E-state index is 0.287. The molecule has 0 aliphatic carbocycles. The van der Waals surface area contributed by atoms with Crippen LogP contribution in [0, 0.1) is 5.92 Å². The summed E-state index contributed by atoms with van der Waals surface area (Å²) in [7, 11) is 2.15. The quantitative estimate of drug-likeness (QED) is 0.784. The monoisotopic (exact) mass is 264 g/mol. The molecule has 0 bridgehead atoms. The van der Waals surface area contributed by atoms with Gasteiger partial charge in [0.05, 0.1) is 6.61 Å². The standard InChI is InChI=1S/C16H28N2O/c1-5-19-15-8-6-14(7-9-15)16(12-17)18(4)11-10-13(2)3/h6-9,13,16H,5,10-12,17H2,1-4H3. The summed E-state index contributed by atoms with van der Waals surface area (Å²) in [6.07, 6.45) is 1.20. The zero-order valence-corrected chi connectivity index (χ0v) is 12.7. The van der Waals surface area contributed by atoms with Gasteiger partial charge in [0.25, 0.3) is 0 Å². The molecule has 0 aliphatic heterocycles. The van der Waals surface area contributed by atoms with Crippen molar-refractivity contribution in [2.45, 2.75) is 33.2 Å². The first kappa shape index (κ1) is 16.0. The molecule has 19 heavy (non-hydrogen) atoms. The van der Waals surface area contributed by atoms with Crippen molar-refractivity contribution in [3.05, 3.63) is 29.8 Å². The maximum atomic E-state index is 5.94. The molecule has 0 aromatic heterocycles. The highest BCUT2D eigenvalue weighted by Crippen LogP contribution is 2.22. The Bertz CT molecular complexity index is 348. The van der Waals surface area contributed by atoms with Crippen molar-refractivity contribution in [1.29, 1.82) is 0 Å². The van der Waals surface area contributed by atoms with Gasteiger partial charge >= 0.3 is 0 Å². The van der Waals surface area contributed by atoms with E-state index >= 15 is 0 Å². The molecule has 3 nitrogen and oxygen atoms in total. The Labute approximate surface area is 117 Å². The molecule has 3 heteroatoms. The summed E-state index contributed by atoms with van der Waals surface area (Å²) in [5, 5.41) is 0. The molecule has 0 heterocycles. The van der Waals surface area contributed by atoms with Crippen LogP contribution in [0.1, 0.15) is 38.8 Å². The second-order valence-corrected chi connectivity index (χ2v) is 5.42. The first-order valence-electron chi connectivity index (χ1n) is 7.21. The van der Waals surface area contributed by atoms with Crippen molar-refractivity contribution in [2.75, 3.05) is 26.7 Å². The highest BCUT2D eigenvalue weighted by atomic mass is 16.5. The fourth-order valence-electron chi connectivity index (χ4n) is 2.14. The highest BCUT2D eigenvalue weighted by Gasteiger charge is 2.15. The fourth-order valence-corrected chi connectivity index (χ4v) is 2.14. The fraction of sp³-hybridized carbons (Fsp3) is 0.625. The van der Waals surface area contributed by atoms with E-state index in [0.717, 1.165) is 18.2 Å². The third-order valence-corrected chi connectivity index (χ3v) is 3.39. The summed E-state index contributed by atoms with van der Waals surface area (Å²) >= 11 is 0. The van der Waals surface area contributed by atoms with Crippen molar-refractivity contribution in [3.63, 3.8) is 0 Å². The lowest BCUT2D eigenvalue weighted by Crippen LogP contribution is -2.31. The Balaban J connectivity index is 2.67. The maximum Gasteiger partial charge on any atom is 0.119 e. The van der Waals surface area contributed by atoms with Gasteiger partial charge in [-0.2, -0.15) is 0 Å². The van der Waals surface area contributed by atoms with Crippen LogP contribution in [0.4, 0.5) is 0 Å². The summed E-state index contributed by atoms with van der Waals surface area (Å²) in [5.41, 5.74) is 7.20. The topological polar surface area (TPSA) is 38.5 Å². The van der Waals surface area contributed by atoms with E-state index in [0.29, 0.717) is 13.2 Å². The number of nitrogens with two attached hydrogens (primary N) is 1. The molecule has 1 aromatic rings. The van der Waals surface area contributed by atoms with Gasteiger partial charge in [-0.3, -0.25) is 4.90 Å². The van der Waals surface area contributed by atoms with Gasteiger partial charge in [0.2, 0.25) is 0 Å². The molecule has 2 N–H and O–H groups in total. The zero-order chi connectivity index (χ0) is 14.3. The van der Waals surface area contributed by atoms with Crippen LogP contribution in [0.25, 0.3) is 0 Å². The van der Waals surface area contributed by atoms with E-state index in [1.165, 1.54) is 12.0 Å². The van der Waals surface area contributed by atoms with Crippen molar-refractivity contribution >= 4 is 0 Å². The molecule has 0 radical (unpaired) electrons. The largest absolute Gasteiger partial charge is 0.494 e. The van der Waals surface area contributed by atoms with E-state index in [1.807, 2.05) is 19.1 Å². The predicted octanol–water partition coefficient (Wildman–Crippen LogP) is 3.06. The number of ether oxygens (including phenoxy) is 1. The van der Waals surface area contributed by atoms with Gasteiger partial charge in [0.15, 0.2) is 0 Å². The number of hydrogen-bond acceptors (Lipinski definition) is 3. The van der Waals surface area contributed by atoms with Crippen molar-refractivity contribution < 1.29 is 4.74 Å². The Morgan fingerprint density at radius 1 is 1.21 bits per heavy atom. The van der Waals surface area contributed by atoms with E-state index < -0.39 is 0 Å². The van der Waals surface area contributed by atoms with Gasteiger partial charge in [0, 0.05) is 12.6 Å². The van der Waals surface area contributed by atoms with Crippen LogP contribution < -0.4 is 10.5 Å².